The van der Waals surface area contributed by atoms with Crippen molar-refractivity contribution >= 4 is 5.91 Å². The number of rotatable bonds is 6. The van der Waals surface area contributed by atoms with Crippen LogP contribution in [0.25, 0.3) is 0 Å². The lowest BCUT2D eigenvalue weighted by atomic mass is 9.83. The van der Waals surface area contributed by atoms with Gasteiger partial charge < -0.3 is 14.5 Å². The molecule has 0 N–H and O–H groups in total. The molecule has 0 fully saturated rings. The second-order valence-electron chi connectivity index (χ2n) is 5.88. The summed E-state index contributed by atoms with van der Waals surface area (Å²) in [5, 5.41) is 0. The normalized spacial score (nSPS) is 11.6. The van der Waals surface area contributed by atoms with E-state index in [9.17, 15) is 4.79 Å². The fourth-order valence-corrected chi connectivity index (χ4v) is 2.06. The van der Waals surface area contributed by atoms with Crippen LogP contribution in [0.3, 0.4) is 0 Å². The van der Waals surface area contributed by atoms with E-state index in [1.54, 1.807) is 12.0 Å². The third-order valence-electron chi connectivity index (χ3n) is 3.58. The monoisotopic (exact) mass is 278 g/mol. The molecule has 4 nitrogen and oxygen atoms in total. The molecule has 0 unspecified atom stereocenters. The van der Waals surface area contributed by atoms with Crippen molar-refractivity contribution in [1.29, 1.82) is 0 Å². The van der Waals surface area contributed by atoms with Crippen molar-refractivity contribution in [2.24, 2.45) is 0 Å². The highest BCUT2D eigenvalue weighted by molar-refractivity contribution is 5.87. The Balaban J connectivity index is 2.82. The van der Waals surface area contributed by atoms with Crippen LogP contribution in [0.4, 0.5) is 0 Å². The number of carbonyl (C=O) groups is 1. The third kappa shape index (κ3) is 3.97. The molecule has 0 aromatic heterocycles. The molecule has 1 amide bonds. The Morgan fingerprint density at radius 3 is 2.10 bits per heavy atom. The van der Waals surface area contributed by atoms with E-state index in [4.69, 9.17) is 4.74 Å². The van der Waals surface area contributed by atoms with Crippen LogP contribution in [0.5, 0.6) is 5.75 Å². The van der Waals surface area contributed by atoms with Crippen molar-refractivity contribution < 1.29 is 9.53 Å². The van der Waals surface area contributed by atoms with Crippen LogP contribution in [-0.4, -0.2) is 57.0 Å². The molecule has 0 bridgehead atoms. The number of hydrogen-bond donors (Lipinski definition) is 0. The summed E-state index contributed by atoms with van der Waals surface area (Å²) in [7, 11) is 7.51. The van der Waals surface area contributed by atoms with Crippen molar-refractivity contribution in [2.45, 2.75) is 19.3 Å². The van der Waals surface area contributed by atoms with Gasteiger partial charge >= 0.3 is 0 Å². The quantitative estimate of drug-likeness (QED) is 0.798. The highest BCUT2D eigenvalue weighted by Gasteiger charge is 2.32. The van der Waals surface area contributed by atoms with Crippen molar-refractivity contribution in [3.63, 3.8) is 0 Å². The zero-order chi connectivity index (χ0) is 15.3. The van der Waals surface area contributed by atoms with E-state index < -0.39 is 5.41 Å². The molecule has 0 saturated carbocycles. The Bertz CT molecular complexity index is 438. The van der Waals surface area contributed by atoms with Gasteiger partial charge in [0.1, 0.15) is 5.75 Å². The van der Waals surface area contributed by atoms with Gasteiger partial charge in [-0.2, -0.15) is 0 Å². The first kappa shape index (κ1) is 16.5. The number of hydrogen-bond acceptors (Lipinski definition) is 3. The van der Waals surface area contributed by atoms with Gasteiger partial charge in [0.2, 0.25) is 5.91 Å². The van der Waals surface area contributed by atoms with Gasteiger partial charge in [0.25, 0.3) is 0 Å². The van der Waals surface area contributed by atoms with Crippen LogP contribution in [0.15, 0.2) is 24.3 Å². The largest absolute Gasteiger partial charge is 0.497 e. The molecule has 0 aliphatic rings. The Morgan fingerprint density at radius 2 is 1.65 bits per heavy atom. The first-order valence-corrected chi connectivity index (χ1v) is 6.84. The lowest BCUT2D eigenvalue weighted by Crippen LogP contribution is -2.43. The number of benzene rings is 1. The van der Waals surface area contributed by atoms with Gasteiger partial charge in [0.15, 0.2) is 0 Å². The van der Waals surface area contributed by atoms with Gasteiger partial charge in [0, 0.05) is 20.1 Å². The molecule has 0 saturated heterocycles. The molecular formula is C16H26N2O2. The van der Waals surface area contributed by atoms with E-state index >= 15 is 0 Å². The molecule has 0 aliphatic heterocycles. The molecule has 1 aromatic rings. The Kier molecular flexibility index (Phi) is 5.57. The van der Waals surface area contributed by atoms with E-state index in [0.29, 0.717) is 0 Å². The summed E-state index contributed by atoms with van der Waals surface area (Å²) in [6.45, 7) is 5.51. The minimum atomic E-state index is -0.534. The fourth-order valence-electron chi connectivity index (χ4n) is 2.06. The van der Waals surface area contributed by atoms with Gasteiger partial charge in [-0.05, 0) is 45.6 Å². The van der Waals surface area contributed by atoms with Gasteiger partial charge in [-0.3, -0.25) is 4.79 Å². The average molecular weight is 278 g/mol. The lowest BCUT2D eigenvalue weighted by molar-refractivity contribution is -0.135. The van der Waals surface area contributed by atoms with E-state index in [-0.39, 0.29) is 5.91 Å². The van der Waals surface area contributed by atoms with Crippen molar-refractivity contribution in [3.05, 3.63) is 29.8 Å². The summed E-state index contributed by atoms with van der Waals surface area (Å²) in [5.74, 6) is 0.933. The number of methoxy groups -OCH3 is 1. The van der Waals surface area contributed by atoms with Crippen LogP contribution < -0.4 is 4.74 Å². The maximum absolute atomic E-state index is 12.6. The number of likely N-dealkylation sites (N-methyl/N-ethyl adjacent to an activating group) is 2. The number of amides is 1. The highest BCUT2D eigenvalue weighted by Crippen LogP contribution is 2.27. The Hall–Kier alpha value is -1.55. The molecular weight excluding hydrogens is 252 g/mol. The Labute approximate surface area is 122 Å². The van der Waals surface area contributed by atoms with Gasteiger partial charge in [-0.1, -0.05) is 12.1 Å². The predicted octanol–water partition coefficient (Wildman–Crippen LogP) is 1.99. The molecule has 0 spiro atoms. The van der Waals surface area contributed by atoms with Crippen LogP contribution in [0.1, 0.15) is 19.4 Å². The maximum atomic E-state index is 12.6. The molecule has 0 radical (unpaired) electrons. The summed E-state index contributed by atoms with van der Waals surface area (Å²) >= 11 is 0. The minimum absolute atomic E-state index is 0.129. The zero-order valence-corrected chi connectivity index (χ0v) is 13.4. The van der Waals surface area contributed by atoms with Crippen LogP contribution in [0, 0.1) is 0 Å². The second-order valence-corrected chi connectivity index (χ2v) is 5.88. The van der Waals surface area contributed by atoms with E-state index in [1.807, 2.05) is 59.3 Å². The molecule has 20 heavy (non-hydrogen) atoms. The SMILES string of the molecule is COc1ccc(C(C)(C)C(=O)N(C)CCN(C)C)cc1. The number of carbonyl (C=O) groups excluding carboxylic acids is 1. The van der Waals surface area contributed by atoms with Crippen LogP contribution >= 0.6 is 0 Å². The summed E-state index contributed by atoms with van der Waals surface area (Å²) in [5.41, 5.74) is 0.466. The molecule has 0 aliphatic carbocycles. The number of ether oxygens (including phenoxy) is 1. The topological polar surface area (TPSA) is 32.8 Å². The molecule has 1 aromatic carbocycles. The van der Waals surface area contributed by atoms with Crippen LogP contribution in [0.2, 0.25) is 0 Å². The molecule has 4 heteroatoms. The standard InChI is InChI=1S/C16H26N2O2/c1-16(2,13-7-9-14(20-6)10-8-13)15(19)18(5)12-11-17(3)4/h7-10H,11-12H2,1-6H3. The van der Waals surface area contributed by atoms with E-state index in [1.165, 1.54) is 0 Å². The lowest BCUT2D eigenvalue weighted by Gasteiger charge is -2.30. The summed E-state index contributed by atoms with van der Waals surface area (Å²) in [6.07, 6.45) is 0. The molecule has 1 rings (SSSR count). The van der Waals surface area contributed by atoms with E-state index in [2.05, 4.69) is 4.90 Å². The fraction of sp³-hybridized carbons (Fsp3) is 0.562. The smallest absolute Gasteiger partial charge is 0.232 e. The van der Waals surface area contributed by atoms with Crippen molar-refractivity contribution in [3.8, 4) is 5.75 Å². The van der Waals surface area contributed by atoms with Crippen LogP contribution in [-0.2, 0) is 10.2 Å². The molecule has 0 heterocycles. The first-order chi connectivity index (χ1) is 9.28. The van der Waals surface area contributed by atoms with Crippen molar-refractivity contribution in [1.82, 2.24) is 9.80 Å². The van der Waals surface area contributed by atoms with Gasteiger partial charge in [-0.15, -0.1) is 0 Å². The predicted molar refractivity (Wildman–Crippen MR) is 82.2 cm³/mol. The molecule has 112 valence electrons. The molecule has 0 atom stereocenters. The van der Waals surface area contributed by atoms with Crippen molar-refractivity contribution in [2.75, 3.05) is 41.3 Å². The van der Waals surface area contributed by atoms with E-state index in [0.717, 1.165) is 24.4 Å². The highest BCUT2D eigenvalue weighted by atomic mass is 16.5. The maximum Gasteiger partial charge on any atom is 0.232 e. The first-order valence-electron chi connectivity index (χ1n) is 6.84. The Morgan fingerprint density at radius 1 is 1.10 bits per heavy atom. The van der Waals surface area contributed by atoms with Gasteiger partial charge in [-0.25, -0.2) is 0 Å². The zero-order valence-electron chi connectivity index (χ0n) is 13.4. The summed E-state index contributed by atoms with van der Waals surface area (Å²) < 4.78 is 5.15. The average Bonchev–Trinajstić information content (AvgIpc) is 2.43. The number of nitrogens with zero attached hydrogens (tertiary/aromatic N) is 2. The minimum Gasteiger partial charge on any atom is -0.497 e. The summed E-state index contributed by atoms with van der Waals surface area (Å²) in [6, 6.07) is 7.70. The van der Waals surface area contributed by atoms with Gasteiger partial charge in [0.05, 0.1) is 12.5 Å². The second kappa shape index (κ2) is 6.75. The summed E-state index contributed by atoms with van der Waals surface area (Å²) in [4.78, 5) is 16.5. The third-order valence-corrected chi connectivity index (χ3v) is 3.58.